The standard InChI is InChI=1S/C13H19N2O4PS/c1-5-10-9(4)14-13-15(12(10)16)11(8-21-13)20(17,18-6-2)19-7-3/h8H,5-7H2,1-4H3. The lowest BCUT2D eigenvalue weighted by Crippen LogP contribution is -2.29. The topological polar surface area (TPSA) is 69.9 Å². The summed E-state index contributed by atoms with van der Waals surface area (Å²) in [6.45, 7) is 7.66. The first-order valence-electron chi connectivity index (χ1n) is 6.87. The quantitative estimate of drug-likeness (QED) is 0.761. The van der Waals surface area contributed by atoms with Gasteiger partial charge in [0.05, 0.1) is 13.2 Å². The molecule has 8 heteroatoms. The predicted molar refractivity (Wildman–Crippen MR) is 83.9 cm³/mol. The molecule has 0 fully saturated rings. The monoisotopic (exact) mass is 330 g/mol. The fourth-order valence-corrected chi connectivity index (χ4v) is 5.16. The number of fused-ring (bicyclic) bond motifs is 1. The second-order valence-electron chi connectivity index (χ2n) is 4.38. The maximum absolute atomic E-state index is 12.9. The minimum Gasteiger partial charge on any atom is -0.304 e. The zero-order chi connectivity index (χ0) is 15.6. The van der Waals surface area contributed by atoms with Crippen LogP contribution in [0.5, 0.6) is 0 Å². The SMILES string of the molecule is CCOP(=O)(OCC)c1csc2nc(C)c(CC)c(=O)n12. The van der Waals surface area contributed by atoms with E-state index in [0.717, 1.165) is 0 Å². The van der Waals surface area contributed by atoms with Gasteiger partial charge in [-0.3, -0.25) is 9.36 Å². The minimum absolute atomic E-state index is 0.198. The molecule has 2 aromatic heterocycles. The van der Waals surface area contributed by atoms with Crippen molar-refractivity contribution in [2.45, 2.75) is 34.1 Å². The Morgan fingerprint density at radius 1 is 1.29 bits per heavy atom. The molecule has 0 aromatic carbocycles. The number of nitrogens with zero attached hydrogens (tertiary/aromatic N) is 2. The Bertz CT molecular complexity index is 742. The first kappa shape index (κ1) is 16.4. The van der Waals surface area contributed by atoms with Crippen molar-refractivity contribution in [3.05, 3.63) is 27.0 Å². The molecule has 0 bridgehead atoms. The first-order chi connectivity index (χ1) is 9.98. The molecule has 0 saturated heterocycles. The van der Waals surface area contributed by atoms with Crippen LogP contribution in [-0.4, -0.2) is 22.6 Å². The Labute approximate surface area is 127 Å². The molecule has 0 aliphatic rings. The summed E-state index contributed by atoms with van der Waals surface area (Å²) in [6, 6.07) is 0. The van der Waals surface area contributed by atoms with E-state index >= 15 is 0 Å². The van der Waals surface area contributed by atoms with Gasteiger partial charge in [0, 0.05) is 16.6 Å². The van der Waals surface area contributed by atoms with Crippen molar-refractivity contribution in [1.82, 2.24) is 9.38 Å². The Hall–Kier alpha value is -1.01. The average Bonchev–Trinajstić information content (AvgIpc) is 2.84. The Balaban J connectivity index is 2.76. The van der Waals surface area contributed by atoms with Crippen molar-refractivity contribution < 1.29 is 13.6 Å². The van der Waals surface area contributed by atoms with E-state index in [4.69, 9.17) is 9.05 Å². The Kier molecular flexibility index (Phi) is 4.99. The Morgan fingerprint density at radius 3 is 2.43 bits per heavy atom. The molecule has 0 atom stereocenters. The third-order valence-electron chi connectivity index (χ3n) is 3.08. The lowest BCUT2D eigenvalue weighted by atomic mass is 10.2. The molecule has 6 nitrogen and oxygen atoms in total. The average molecular weight is 330 g/mol. The van der Waals surface area contributed by atoms with Crippen LogP contribution >= 0.6 is 18.9 Å². The normalized spacial score (nSPS) is 12.2. The highest BCUT2D eigenvalue weighted by atomic mass is 32.1. The largest absolute Gasteiger partial charge is 0.378 e. The van der Waals surface area contributed by atoms with Gasteiger partial charge in [0.25, 0.3) is 5.56 Å². The third kappa shape index (κ3) is 2.83. The highest BCUT2D eigenvalue weighted by Crippen LogP contribution is 2.47. The summed E-state index contributed by atoms with van der Waals surface area (Å²) in [5.74, 6) is 0. The van der Waals surface area contributed by atoms with Gasteiger partial charge in [0.1, 0.15) is 0 Å². The summed E-state index contributed by atoms with van der Waals surface area (Å²) in [5, 5.41) is 1.63. The lowest BCUT2D eigenvalue weighted by molar-refractivity contribution is 0.229. The van der Waals surface area contributed by atoms with Crippen molar-refractivity contribution in [3.8, 4) is 0 Å². The highest BCUT2D eigenvalue weighted by Gasteiger charge is 2.32. The van der Waals surface area contributed by atoms with E-state index in [1.54, 1.807) is 19.2 Å². The van der Waals surface area contributed by atoms with Gasteiger partial charge in [0.15, 0.2) is 10.4 Å². The van der Waals surface area contributed by atoms with Crippen LogP contribution in [0.15, 0.2) is 10.2 Å². The minimum atomic E-state index is -3.51. The van der Waals surface area contributed by atoms with Gasteiger partial charge >= 0.3 is 7.60 Å². The molecular weight excluding hydrogens is 311 g/mol. The maximum Gasteiger partial charge on any atom is 0.378 e. The molecule has 2 aromatic rings. The van der Waals surface area contributed by atoms with Crippen LogP contribution in [0.25, 0.3) is 4.96 Å². The highest BCUT2D eigenvalue weighted by molar-refractivity contribution is 7.62. The van der Waals surface area contributed by atoms with Crippen LogP contribution in [-0.2, 0) is 20.0 Å². The van der Waals surface area contributed by atoms with E-state index < -0.39 is 7.60 Å². The molecule has 21 heavy (non-hydrogen) atoms. The molecule has 0 saturated carbocycles. The van der Waals surface area contributed by atoms with E-state index in [2.05, 4.69) is 4.98 Å². The summed E-state index contributed by atoms with van der Waals surface area (Å²) in [5.41, 5.74) is 1.39. The lowest BCUT2D eigenvalue weighted by Gasteiger charge is -2.16. The molecule has 0 spiro atoms. The van der Waals surface area contributed by atoms with Gasteiger partial charge in [-0.2, -0.15) is 0 Å². The smallest absolute Gasteiger partial charge is 0.304 e. The molecule has 0 N–H and O–H groups in total. The Morgan fingerprint density at radius 2 is 1.90 bits per heavy atom. The third-order valence-corrected chi connectivity index (χ3v) is 6.17. The second-order valence-corrected chi connectivity index (χ2v) is 7.19. The summed E-state index contributed by atoms with van der Waals surface area (Å²) in [4.78, 5) is 17.5. The number of thiazole rings is 1. The molecule has 2 rings (SSSR count). The maximum atomic E-state index is 12.9. The number of aromatic nitrogens is 2. The molecule has 0 amide bonds. The summed E-state index contributed by atoms with van der Waals surface area (Å²) in [6.07, 6.45) is 0.573. The summed E-state index contributed by atoms with van der Waals surface area (Å²) >= 11 is 1.26. The van der Waals surface area contributed by atoms with Crippen molar-refractivity contribution in [2.75, 3.05) is 13.2 Å². The van der Waals surface area contributed by atoms with E-state index in [-0.39, 0.29) is 24.2 Å². The fourth-order valence-electron chi connectivity index (χ4n) is 2.18. The molecule has 2 heterocycles. The molecule has 0 unspecified atom stereocenters. The summed E-state index contributed by atoms with van der Waals surface area (Å²) in [7, 11) is -3.51. The second kappa shape index (κ2) is 6.40. The van der Waals surface area contributed by atoms with Crippen LogP contribution in [0.4, 0.5) is 0 Å². The molecule has 0 aliphatic heterocycles. The first-order valence-corrected chi connectivity index (χ1v) is 9.30. The number of hydrogen-bond donors (Lipinski definition) is 0. The van der Waals surface area contributed by atoms with Crippen LogP contribution in [0, 0.1) is 6.92 Å². The number of hydrogen-bond acceptors (Lipinski definition) is 6. The molecule has 0 radical (unpaired) electrons. The van der Waals surface area contributed by atoms with Gasteiger partial charge in [-0.05, 0) is 27.2 Å². The van der Waals surface area contributed by atoms with Gasteiger partial charge in [-0.25, -0.2) is 9.38 Å². The summed E-state index contributed by atoms with van der Waals surface area (Å²) < 4.78 is 24.9. The van der Waals surface area contributed by atoms with E-state index in [9.17, 15) is 9.36 Å². The van der Waals surface area contributed by atoms with E-state index in [1.807, 2.05) is 13.8 Å². The van der Waals surface area contributed by atoms with Crippen LogP contribution in [0.1, 0.15) is 32.0 Å². The molecule has 0 aliphatic carbocycles. The van der Waals surface area contributed by atoms with Crippen molar-refractivity contribution >= 4 is 29.3 Å². The fraction of sp³-hybridized carbons (Fsp3) is 0.538. The zero-order valence-corrected chi connectivity index (χ0v) is 14.3. The van der Waals surface area contributed by atoms with Gasteiger partial charge in [-0.1, -0.05) is 6.92 Å². The van der Waals surface area contributed by atoms with Crippen LogP contribution < -0.4 is 11.0 Å². The molecule has 116 valence electrons. The van der Waals surface area contributed by atoms with Crippen LogP contribution in [0.3, 0.4) is 0 Å². The predicted octanol–water partition coefficient (Wildman–Crippen LogP) is 2.52. The van der Waals surface area contributed by atoms with Crippen molar-refractivity contribution in [1.29, 1.82) is 0 Å². The van der Waals surface area contributed by atoms with Crippen molar-refractivity contribution in [3.63, 3.8) is 0 Å². The van der Waals surface area contributed by atoms with E-state index in [1.165, 1.54) is 15.7 Å². The number of rotatable bonds is 6. The van der Waals surface area contributed by atoms with Crippen LogP contribution in [0.2, 0.25) is 0 Å². The molecular formula is C13H19N2O4PS. The zero-order valence-electron chi connectivity index (χ0n) is 12.6. The van der Waals surface area contributed by atoms with Crippen molar-refractivity contribution in [2.24, 2.45) is 0 Å². The number of aryl methyl sites for hydroxylation is 1. The van der Waals surface area contributed by atoms with Gasteiger partial charge < -0.3 is 9.05 Å². The van der Waals surface area contributed by atoms with Gasteiger partial charge in [0.2, 0.25) is 0 Å². The van der Waals surface area contributed by atoms with Gasteiger partial charge in [-0.15, -0.1) is 11.3 Å². The van der Waals surface area contributed by atoms with E-state index in [0.29, 0.717) is 22.6 Å².